The maximum Gasteiger partial charge on any atom is 0.0377 e. The maximum absolute atomic E-state index is 6.06. The number of piperidine rings is 1. The summed E-state index contributed by atoms with van der Waals surface area (Å²) in [6.45, 7) is 9.19. The van der Waals surface area contributed by atoms with Crippen molar-refractivity contribution in [2.24, 2.45) is 11.1 Å². The van der Waals surface area contributed by atoms with Gasteiger partial charge in [-0.15, -0.1) is 0 Å². The van der Waals surface area contributed by atoms with E-state index < -0.39 is 0 Å². The molecule has 1 unspecified atom stereocenters. The van der Waals surface area contributed by atoms with E-state index in [0.29, 0.717) is 5.41 Å². The zero-order valence-corrected chi connectivity index (χ0v) is 14.5. The highest BCUT2D eigenvalue weighted by Gasteiger charge is 2.26. The smallest absolute Gasteiger partial charge is 0.0377 e. The van der Waals surface area contributed by atoms with Crippen molar-refractivity contribution in [1.82, 2.24) is 0 Å². The van der Waals surface area contributed by atoms with Crippen LogP contribution in [0.5, 0.6) is 0 Å². The molecule has 20 heavy (non-hydrogen) atoms. The molecule has 0 amide bonds. The van der Waals surface area contributed by atoms with Crippen molar-refractivity contribution in [2.45, 2.75) is 52.5 Å². The molecule has 0 saturated carbocycles. The minimum absolute atomic E-state index is 0.256. The highest BCUT2D eigenvalue weighted by molar-refractivity contribution is 9.10. The summed E-state index contributed by atoms with van der Waals surface area (Å²) < 4.78 is 1.20. The Bertz CT molecular complexity index is 456. The zero-order chi connectivity index (χ0) is 14.8. The van der Waals surface area contributed by atoms with Gasteiger partial charge in [0.1, 0.15) is 0 Å². The second kappa shape index (κ2) is 6.48. The maximum atomic E-state index is 6.06. The molecular formula is C17H27BrN2. The topological polar surface area (TPSA) is 29.3 Å². The van der Waals surface area contributed by atoms with Gasteiger partial charge >= 0.3 is 0 Å². The Kier molecular flexibility index (Phi) is 5.14. The summed E-state index contributed by atoms with van der Waals surface area (Å²) in [6, 6.07) is 7.01. The predicted molar refractivity (Wildman–Crippen MR) is 91.3 cm³/mol. The first-order chi connectivity index (χ1) is 9.41. The van der Waals surface area contributed by atoms with Crippen LogP contribution in [0.3, 0.4) is 0 Å². The van der Waals surface area contributed by atoms with Crippen LogP contribution in [0.4, 0.5) is 5.69 Å². The normalized spacial score (nSPS) is 19.9. The van der Waals surface area contributed by atoms with Crippen molar-refractivity contribution >= 4 is 21.6 Å². The Hall–Kier alpha value is -0.540. The van der Waals surface area contributed by atoms with Crippen LogP contribution in [0.25, 0.3) is 0 Å². The van der Waals surface area contributed by atoms with Crippen LogP contribution in [0.15, 0.2) is 22.7 Å². The summed E-state index contributed by atoms with van der Waals surface area (Å²) in [5.41, 5.74) is 9.13. The molecule has 0 radical (unpaired) electrons. The molecule has 0 aliphatic carbocycles. The largest absolute Gasteiger partial charge is 0.371 e. The second-order valence-electron chi connectivity index (χ2n) is 6.84. The van der Waals surface area contributed by atoms with Crippen molar-refractivity contribution in [3.63, 3.8) is 0 Å². The molecule has 1 fully saturated rings. The Morgan fingerprint density at radius 1 is 1.40 bits per heavy atom. The fourth-order valence-electron chi connectivity index (χ4n) is 2.97. The third-order valence-electron chi connectivity index (χ3n) is 4.31. The number of nitrogens with two attached hydrogens (primary N) is 1. The van der Waals surface area contributed by atoms with E-state index in [2.05, 4.69) is 59.8 Å². The summed E-state index contributed by atoms with van der Waals surface area (Å²) in [5.74, 6) is 0. The lowest BCUT2D eigenvalue weighted by molar-refractivity contribution is 0.293. The lowest BCUT2D eigenvalue weighted by Crippen LogP contribution is -2.40. The van der Waals surface area contributed by atoms with Crippen LogP contribution in [-0.4, -0.2) is 19.1 Å². The van der Waals surface area contributed by atoms with Crippen molar-refractivity contribution in [2.75, 3.05) is 18.0 Å². The van der Waals surface area contributed by atoms with Crippen LogP contribution >= 0.6 is 15.9 Å². The van der Waals surface area contributed by atoms with Crippen molar-refractivity contribution in [3.05, 3.63) is 28.2 Å². The van der Waals surface area contributed by atoms with E-state index in [1.54, 1.807) is 0 Å². The number of hydrogen-bond acceptors (Lipinski definition) is 2. The lowest BCUT2D eigenvalue weighted by atomic mass is 9.84. The minimum atomic E-state index is 0.256. The van der Waals surface area contributed by atoms with Crippen molar-refractivity contribution in [1.29, 1.82) is 0 Å². The van der Waals surface area contributed by atoms with E-state index >= 15 is 0 Å². The van der Waals surface area contributed by atoms with E-state index in [0.717, 1.165) is 19.4 Å². The molecule has 3 heteroatoms. The van der Waals surface area contributed by atoms with Gasteiger partial charge in [-0.25, -0.2) is 0 Å². The van der Waals surface area contributed by atoms with Crippen LogP contribution in [0, 0.1) is 5.41 Å². The average Bonchev–Trinajstić information content (AvgIpc) is 2.39. The van der Waals surface area contributed by atoms with Gasteiger partial charge in [-0.05, 0) is 48.8 Å². The Labute approximate surface area is 131 Å². The van der Waals surface area contributed by atoms with Gasteiger partial charge in [0.15, 0.2) is 0 Å². The Morgan fingerprint density at radius 3 is 2.75 bits per heavy atom. The molecule has 2 N–H and O–H groups in total. The predicted octanol–water partition coefficient (Wildman–Crippen LogP) is 4.36. The highest BCUT2D eigenvalue weighted by Crippen LogP contribution is 2.33. The highest BCUT2D eigenvalue weighted by atomic mass is 79.9. The third-order valence-corrected chi connectivity index (χ3v) is 5.05. The lowest BCUT2D eigenvalue weighted by Gasteiger charge is -2.39. The molecule has 0 aromatic heterocycles. The fraction of sp³-hybridized carbons (Fsp3) is 0.647. The molecule has 1 aliphatic rings. The molecule has 1 aromatic carbocycles. The van der Waals surface area contributed by atoms with E-state index in [1.165, 1.54) is 35.1 Å². The summed E-state index contributed by atoms with van der Waals surface area (Å²) in [5, 5.41) is 0. The summed E-state index contributed by atoms with van der Waals surface area (Å²) in [7, 11) is 0. The number of benzene rings is 1. The molecule has 1 atom stereocenters. The first-order valence-corrected chi connectivity index (χ1v) is 8.49. The van der Waals surface area contributed by atoms with Gasteiger partial charge in [-0.1, -0.05) is 42.8 Å². The SMILES string of the molecule is CCC(N)Cc1ccc(N2CCCC(C)(C)C2)cc1Br. The van der Waals surface area contributed by atoms with Crippen LogP contribution in [0.1, 0.15) is 45.6 Å². The molecule has 2 rings (SSSR count). The molecule has 1 aromatic rings. The van der Waals surface area contributed by atoms with Gasteiger partial charge in [-0.2, -0.15) is 0 Å². The molecule has 2 nitrogen and oxygen atoms in total. The zero-order valence-electron chi connectivity index (χ0n) is 13.0. The Balaban J connectivity index is 2.12. The van der Waals surface area contributed by atoms with Crippen LogP contribution in [-0.2, 0) is 6.42 Å². The molecule has 0 spiro atoms. The second-order valence-corrected chi connectivity index (χ2v) is 7.69. The summed E-state index contributed by atoms with van der Waals surface area (Å²) in [4.78, 5) is 2.51. The Morgan fingerprint density at radius 2 is 2.15 bits per heavy atom. The van der Waals surface area contributed by atoms with E-state index in [9.17, 15) is 0 Å². The van der Waals surface area contributed by atoms with E-state index in [4.69, 9.17) is 5.73 Å². The molecule has 0 bridgehead atoms. The average molecular weight is 339 g/mol. The van der Waals surface area contributed by atoms with E-state index in [1.807, 2.05) is 0 Å². The quantitative estimate of drug-likeness (QED) is 0.883. The molecule has 1 saturated heterocycles. The summed E-state index contributed by atoms with van der Waals surface area (Å²) in [6.07, 6.45) is 4.58. The van der Waals surface area contributed by atoms with Gasteiger partial charge < -0.3 is 10.6 Å². The number of halogens is 1. The van der Waals surface area contributed by atoms with Gasteiger partial charge in [0.05, 0.1) is 0 Å². The number of hydrogen-bond donors (Lipinski definition) is 1. The molecular weight excluding hydrogens is 312 g/mol. The standard InChI is InChI=1S/C17H27BrN2/c1-4-14(19)10-13-6-7-15(11-16(13)18)20-9-5-8-17(2,3)12-20/h6-7,11,14H,4-5,8-10,12,19H2,1-3H3. The molecule has 1 aliphatic heterocycles. The first-order valence-electron chi connectivity index (χ1n) is 7.70. The monoisotopic (exact) mass is 338 g/mol. The van der Waals surface area contributed by atoms with Gasteiger partial charge in [0.2, 0.25) is 0 Å². The van der Waals surface area contributed by atoms with Crippen molar-refractivity contribution in [3.8, 4) is 0 Å². The van der Waals surface area contributed by atoms with Gasteiger partial charge in [0.25, 0.3) is 0 Å². The van der Waals surface area contributed by atoms with E-state index in [-0.39, 0.29) is 6.04 Å². The van der Waals surface area contributed by atoms with Crippen LogP contribution < -0.4 is 10.6 Å². The summed E-state index contributed by atoms with van der Waals surface area (Å²) >= 11 is 3.72. The third kappa shape index (κ3) is 3.98. The molecule has 1 heterocycles. The van der Waals surface area contributed by atoms with Crippen molar-refractivity contribution < 1.29 is 0 Å². The number of anilines is 1. The fourth-order valence-corrected chi connectivity index (χ4v) is 3.50. The molecule has 112 valence electrons. The van der Waals surface area contributed by atoms with Gasteiger partial charge in [0, 0.05) is 29.3 Å². The number of rotatable bonds is 4. The number of nitrogens with zero attached hydrogens (tertiary/aromatic N) is 1. The minimum Gasteiger partial charge on any atom is -0.371 e. The van der Waals surface area contributed by atoms with Gasteiger partial charge in [-0.3, -0.25) is 0 Å². The first kappa shape index (κ1) is 15.8. The van der Waals surface area contributed by atoms with Crippen LogP contribution in [0.2, 0.25) is 0 Å².